The molecule has 0 aliphatic carbocycles. The van der Waals surface area contributed by atoms with E-state index in [-0.39, 0.29) is 16.2 Å². The Bertz CT molecular complexity index is 717. The number of benzene rings is 1. The molecule has 0 aromatic heterocycles. The van der Waals surface area contributed by atoms with Crippen LogP contribution in [0.5, 0.6) is 0 Å². The number of nitrogens with two attached hydrogens (primary N) is 1. The summed E-state index contributed by atoms with van der Waals surface area (Å²) in [5.74, 6) is -0.361. The quantitative estimate of drug-likeness (QED) is 0.902. The molecule has 0 atom stereocenters. The fourth-order valence-corrected chi connectivity index (χ4v) is 3.73. The van der Waals surface area contributed by atoms with Gasteiger partial charge in [0, 0.05) is 11.1 Å². The van der Waals surface area contributed by atoms with Gasteiger partial charge in [-0.25, -0.2) is 8.42 Å². The van der Waals surface area contributed by atoms with E-state index in [0.717, 1.165) is 0 Å². The van der Waals surface area contributed by atoms with Gasteiger partial charge in [0.2, 0.25) is 20.7 Å². The molecule has 0 fully saturated rings. The van der Waals surface area contributed by atoms with E-state index < -0.39 is 20.7 Å². The summed E-state index contributed by atoms with van der Waals surface area (Å²) in [7, 11) is -3.73. The molecule has 1 aromatic carbocycles. The van der Waals surface area contributed by atoms with Gasteiger partial charge in [-0.3, -0.25) is 4.79 Å². The van der Waals surface area contributed by atoms with E-state index in [1.807, 2.05) is 6.92 Å². The lowest BCUT2D eigenvalue weighted by Gasteiger charge is -2.33. The zero-order valence-corrected chi connectivity index (χ0v) is 12.5. The molecule has 1 aliphatic heterocycles. The second kappa shape index (κ2) is 4.34. The van der Waals surface area contributed by atoms with Gasteiger partial charge in [0.25, 0.3) is 0 Å². The Morgan fingerprint density at radius 1 is 1.40 bits per heavy atom. The maximum absolute atomic E-state index is 12.5. The third-order valence-electron chi connectivity index (χ3n) is 3.46. The first-order valence-corrected chi connectivity index (χ1v) is 7.69. The van der Waals surface area contributed by atoms with E-state index >= 15 is 0 Å². The van der Waals surface area contributed by atoms with E-state index in [4.69, 9.17) is 10.5 Å². The van der Waals surface area contributed by atoms with E-state index in [9.17, 15) is 13.2 Å². The summed E-state index contributed by atoms with van der Waals surface area (Å²) in [4.78, 5) is 10.1. The molecule has 20 heavy (non-hydrogen) atoms. The van der Waals surface area contributed by atoms with Gasteiger partial charge in [-0.2, -0.15) is 0 Å². The molecule has 0 unspecified atom stereocenters. The van der Waals surface area contributed by atoms with Crippen LogP contribution in [0.2, 0.25) is 0 Å². The minimum Gasteiger partial charge on any atom is -0.472 e. The maximum atomic E-state index is 12.5. The van der Waals surface area contributed by atoms with Crippen molar-refractivity contribution in [2.75, 3.05) is 0 Å². The van der Waals surface area contributed by atoms with Crippen molar-refractivity contribution in [2.24, 2.45) is 5.73 Å². The summed E-state index contributed by atoms with van der Waals surface area (Å²) < 4.78 is 30.5. The van der Waals surface area contributed by atoms with E-state index in [2.05, 4.69) is 6.58 Å². The largest absolute Gasteiger partial charge is 0.472 e. The van der Waals surface area contributed by atoms with Crippen molar-refractivity contribution >= 4 is 21.5 Å². The average Bonchev–Trinajstić information content (AvgIpc) is 2.34. The normalized spacial score (nSPS) is 19.1. The van der Waals surface area contributed by atoms with Crippen LogP contribution < -0.4 is 5.73 Å². The Labute approximate surface area is 118 Å². The highest BCUT2D eigenvalue weighted by Crippen LogP contribution is 2.41. The third kappa shape index (κ3) is 1.91. The van der Waals surface area contributed by atoms with Crippen molar-refractivity contribution < 1.29 is 17.9 Å². The van der Waals surface area contributed by atoms with Gasteiger partial charge in [0.05, 0.1) is 4.90 Å². The van der Waals surface area contributed by atoms with Crippen LogP contribution in [0.3, 0.4) is 0 Å². The van der Waals surface area contributed by atoms with Gasteiger partial charge in [0.15, 0.2) is 0 Å². The molecule has 1 aliphatic rings. The molecule has 2 N–H and O–H groups in total. The highest BCUT2D eigenvalue weighted by Gasteiger charge is 2.44. The standard InChI is InChI=1S/C14H17NO4S/c1-5-9-6-10-8(2)19-14(3,4)20(17,18)12(10)7-11(9)13(15)16/h6-7H,2,5H2,1,3-4H3,(H2,15,16). The SMILES string of the molecule is C=C1OC(C)(C)S(=O)(=O)c2cc(C(N)=O)c(CC)cc21. The van der Waals surface area contributed by atoms with Gasteiger partial charge in [-0.15, -0.1) is 0 Å². The predicted octanol–water partition coefficient (Wildman–Crippen LogP) is 1.86. The molecular weight excluding hydrogens is 278 g/mol. The molecule has 0 saturated heterocycles. The van der Waals surface area contributed by atoms with E-state index in [0.29, 0.717) is 17.5 Å². The second-order valence-corrected chi connectivity index (χ2v) is 7.58. The Hall–Kier alpha value is -1.82. The van der Waals surface area contributed by atoms with Crippen LogP contribution in [0.4, 0.5) is 0 Å². The Morgan fingerprint density at radius 3 is 2.50 bits per heavy atom. The fraction of sp³-hybridized carbons (Fsp3) is 0.357. The molecule has 0 spiro atoms. The molecule has 6 heteroatoms. The van der Waals surface area contributed by atoms with Crippen molar-refractivity contribution in [1.82, 2.24) is 0 Å². The van der Waals surface area contributed by atoms with Crippen LogP contribution in [-0.4, -0.2) is 19.3 Å². The molecule has 2 rings (SSSR count). The molecule has 0 bridgehead atoms. The highest BCUT2D eigenvalue weighted by atomic mass is 32.2. The minimum absolute atomic E-state index is 0.0461. The first-order chi connectivity index (χ1) is 9.11. The number of hydrogen-bond donors (Lipinski definition) is 1. The minimum atomic E-state index is -3.73. The first kappa shape index (κ1) is 14.6. The number of carbonyl (C=O) groups is 1. The van der Waals surface area contributed by atoms with Crippen molar-refractivity contribution in [3.63, 3.8) is 0 Å². The van der Waals surface area contributed by atoms with Gasteiger partial charge in [0.1, 0.15) is 5.76 Å². The van der Waals surface area contributed by atoms with Gasteiger partial charge >= 0.3 is 0 Å². The highest BCUT2D eigenvalue weighted by molar-refractivity contribution is 7.92. The second-order valence-electron chi connectivity index (χ2n) is 5.15. The van der Waals surface area contributed by atoms with Crippen LogP contribution in [0, 0.1) is 0 Å². The van der Waals surface area contributed by atoms with Crippen molar-refractivity contribution in [2.45, 2.75) is 37.0 Å². The molecule has 0 radical (unpaired) electrons. The van der Waals surface area contributed by atoms with Crippen molar-refractivity contribution in [3.05, 3.63) is 35.4 Å². The Balaban J connectivity index is 2.85. The van der Waals surface area contributed by atoms with E-state index in [1.165, 1.54) is 19.9 Å². The van der Waals surface area contributed by atoms with E-state index in [1.54, 1.807) is 6.07 Å². The van der Waals surface area contributed by atoms with Crippen molar-refractivity contribution in [1.29, 1.82) is 0 Å². The zero-order valence-electron chi connectivity index (χ0n) is 11.7. The molecule has 1 amide bonds. The molecule has 1 aromatic rings. The van der Waals surface area contributed by atoms with Crippen LogP contribution in [0.15, 0.2) is 23.6 Å². The summed E-state index contributed by atoms with van der Waals surface area (Å²) in [5, 5.41) is 0. The van der Waals surface area contributed by atoms with Gasteiger partial charge in [-0.05, 0) is 38.0 Å². The number of hydrogen-bond acceptors (Lipinski definition) is 4. The van der Waals surface area contributed by atoms with Crippen LogP contribution in [0.1, 0.15) is 42.3 Å². The summed E-state index contributed by atoms with van der Waals surface area (Å²) in [6.07, 6.45) is 0.558. The Kier molecular flexibility index (Phi) is 3.17. The summed E-state index contributed by atoms with van der Waals surface area (Å²) in [5.41, 5.74) is 6.62. The lowest BCUT2D eigenvalue weighted by molar-refractivity contribution is 0.0999. The lowest BCUT2D eigenvalue weighted by Crippen LogP contribution is -2.38. The molecular formula is C14H17NO4S. The first-order valence-electron chi connectivity index (χ1n) is 6.21. The third-order valence-corrected chi connectivity index (χ3v) is 5.75. The summed E-state index contributed by atoms with van der Waals surface area (Å²) >= 11 is 0. The predicted molar refractivity (Wildman–Crippen MR) is 75.7 cm³/mol. The molecule has 1 heterocycles. The summed E-state index contributed by atoms with van der Waals surface area (Å²) in [6.45, 7) is 8.53. The smallest absolute Gasteiger partial charge is 0.249 e. The molecule has 5 nitrogen and oxygen atoms in total. The Morgan fingerprint density at radius 2 is 2.00 bits per heavy atom. The van der Waals surface area contributed by atoms with Gasteiger partial charge in [-0.1, -0.05) is 13.5 Å². The number of sulfone groups is 1. The molecule has 108 valence electrons. The number of rotatable bonds is 2. The van der Waals surface area contributed by atoms with Crippen LogP contribution in [0.25, 0.3) is 5.76 Å². The van der Waals surface area contributed by atoms with Crippen LogP contribution in [-0.2, 0) is 21.0 Å². The number of fused-ring (bicyclic) bond motifs is 1. The topological polar surface area (TPSA) is 86.5 Å². The number of carbonyl (C=O) groups excluding carboxylic acids is 1. The fourth-order valence-electron chi connectivity index (χ4n) is 2.26. The number of amides is 1. The number of aryl methyl sites for hydroxylation is 1. The number of ether oxygens (including phenoxy) is 1. The number of primary amides is 1. The molecule has 0 saturated carbocycles. The summed E-state index contributed by atoms with van der Waals surface area (Å²) in [6, 6.07) is 2.95. The monoisotopic (exact) mass is 295 g/mol. The van der Waals surface area contributed by atoms with Gasteiger partial charge < -0.3 is 10.5 Å². The van der Waals surface area contributed by atoms with Crippen LogP contribution >= 0.6 is 0 Å². The zero-order chi connectivity index (χ0) is 15.3. The van der Waals surface area contributed by atoms with Crippen molar-refractivity contribution in [3.8, 4) is 0 Å². The maximum Gasteiger partial charge on any atom is 0.249 e. The average molecular weight is 295 g/mol. The lowest BCUT2D eigenvalue weighted by atomic mass is 10.0.